The van der Waals surface area contributed by atoms with Crippen LogP contribution < -0.4 is 10.6 Å². The highest BCUT2D eigenvalue weighted by molar-refractivity contribution is 7.11. The topological polar surface area (TPSA) is 105 Å². The number of hydrogen-bond donors (Lipinski definition) is 3. The lowest BCUT2D eigenvalue weighted by atomic mass is 10.2. The summed E-state index contributed by atoms with van der Waals surface area (Å²) in [5.74, 6) is -0.547. The summed E-state index contributed by atoms with van der Waals surface area (Å²) in [7, 11) is 1.69. The number of alkyl halides is 3. The van der Waals surface area contributed by atoms with Gasteiger partial charge in [-0.3, -0.25) is 4.79 Å². The molecule has 0 saturated heterocycles. The van der Waals surface area contributed by atoms with Crippen LogP contribution in [-0.4, -0.2) is 30.5 Å². The molecule has 3 N–H and O–H groups in total. The second kappa shape index (κ2) is 8.58. The average Bonchev–Trinajstić information content (AvgIpc) is 3.31. The SMILES string of the molecule is CC(NC(=O)c1cncn1C)c1ncc(C(O)Nc2cc(C(F)(F)F)c(Cl)cn2)s1. The Morgan fingerprint density at radius 1 is 1.30 bits per heavy atom. The molecule has 8 nitrogen and oxygen atoms in total. The lowest BCUT2D eigenvalue weighted by Gasteiger charge is -2.14. The van der Waals surface area contributed by atoms with Crippen LogP contribution in [-0.2, 0) is 13.2 Å². The maximum Gasteiger partial charge on any atom is 0.418 e. The number of rotatable bonds is 6. The van der Waals surface area contributed by atoms with Crippen molar-refractivity contribution in [1.82, 2.24) is 24.8 Å². The van der Waals surface area contributed by atoms with Crippen molar-refractivity contribution in [2.24, 2.45) is 7.05 Å². The number of anilines is 1. The minimum absolute atomic E-state index is 0.202. The third-order valence-electron chi connectivity index (χ3n) is 4.02. The van der Waals surface area contributed by atoms with E-state index < -0.39 is 29.0 Å². The van der Waals surface area contributed by atoms with Gasteiger partial charge in [-0.25, -0.2) is 15.0 Å². The van der Waals surface area contributed by atoms with Crippen molar-refractivity contribution < 1.29 is 23.1 Å². The van der Waals surface area contributed by atoms with E-state index in [1.165, 1.54) is 18.7 Å². The van der Waals surface area contributed by atoms with Crippen LogP contribution in [0.3, 0.4) is 0 Å². The Morgan fingerprint density at radius 2 is 2.03 bits per heavy atom. The average molecular weight is 461 g/mol. The number of aryl methyl sites for hydroxylation is 1. The molecule has 0 aliphatic rings. The second-order valence-corrected chi connectivity index (χ2v) is 7.78. The van der Waals surface area contributed by atoms with Crippen molar-refractivity contribution in [2.75, 3.05) is 5.32 Å². The molecule has 3 heterocycles. The number of halogens is 4. The molecule has 3 aromatic heterocycles. The summed E-state index contributed by atoms with van der Waals surface area (Å²) >= 11 is 6.63. The van der Waals surface area contributed by atoms with Crippen LogP contribution in [0.1, 0.15) is 45.1 Å². The maximum absolute atomic E-state index is 13.0. The summed E-state index contributed by atoms with van der Waals surface area (Å²) in [6.07, 6.45) is -0.861. The number of amides is 1. The highest BCUT2D eigenvalue weighted by Crippen LogP contribution is 2.36. The smallest absolute Gasteiger partial charge is 0.369 e. The molecular formula is C17H16ClF3N6O2S. The van der Waals surface area contributed by atoms with Crippen molar-refractivity contribution in [1.29, 1.82) is 0 Å². The van der Waals surface area contributed by atoms with E-state index in [1.807, 2.05) is 0 Å². The molecule has 2 atom stereocenters. The van der Waals surface area contributed by atoms with Gasteiger partial charge in [0.1, 0.15) is 16.5 Å². The molecule has 3 aromatic rings. The number of carbonyl (C=O) groups is 1. The van der Waals surface area contributed by atoms with E-state index >= 15 is 0 Å². The van der Waals surface area contributed by atoms with Crippen LogP contribution in [0.15, 0.2) is 31.0 Å². The van der Waals surface area contributed by atoms with Gasteiger partial charge in [-0.1, -0.05) is 11.6 Å². The van der Waals surface area contributed by atoms with Crippen molar-refractivity contribution in [2.45, 2.75) is 25.4 Å². The summed E-state index contributed by atoms with van der Waals surface area (Å²) in [4.78, 5) is 24.4. The third kappa shape index (κ3) is 4.89. The van der Waals surface area contributed by atoms with Gasteiger partial charge in [-0.05, 0) is 13.0 Å². The molecule has 0 bridgehead atoms. The standard InChI is InChI=1S/C17H16ClF3N6O2S/c1-8(25-14(28)11-5-22-7-27(11)2)16-24-6-12(30-16)15(29)26-13-3-9(17(19,20)21)10(18)4-23-13/h3-8,15,29H,1-2H3,(H,23,26)(H,25,28). The van der Waals surface area contributed by atoms with Crippen LogP contribution in [0.25, 0.3) is 0 Å². The molecule has 2 unspecified atom stereocenters. The molecule has 0 aromatic carbocycles. The fourth-order valence-corrected chi connectivity index (χ4v) is 3.55. The normalized spacial score (nSPS) is 13.7. The number of nitrogens with one attached hydrogen (secondary N) is 2. The summed E-state index contributed by atoms with van der Waals surface area (Å²) in [6.45, 7) is 1.72. The summed E-state index contributed by atoms with van der Waals surface area (Å²) in [5.41, 5.74) is -0.694. The Morgan fingerprint density at radius 3 is 2.67 bits per heavy atom. The van der Waals surface area contributed by atoms with Crippen molar-refractivity contribution in [3.63, 3.8) is 0 Å². The van der Waals surface area contributed by atoms with Gasteiger partial charge in [0.05, 0.1) is 34.0 Å². The van der Waals surface area contributed by atoms with Gasteiger partial charge >= 0.3 is 6.18 Å². The summed E-state index contributed by atoms with van der Waals surface area (Å²) < 4.78 is 40.5. The van der Waals surface area contributed by atoms with E-state index in [0.717, 1.165) is 17.5 Å². The maximum atomic E-state index is 13.0. The van der Waals surface area contributed by atoms with Crippen LogP contribution in [0.5, 0.6) is 0 Å². The lowest BCUT2D eigenvalue weighted by molar-refractivity contribution is -0.137. The summed E-state index contributed by atoms with van der Waals surface area (Å²) in [6, 6.07) is 0.244. The minimum atomic E-state index is -4.65. The first kappa shape index (κ1) is 22.0. The van der Waals surface area contributed by atoms with Gasteiger partial charge in [-0.15, -0.1) is 11.3 Å². The van der Waals surface area contributed by atoms with E-state index in [1.54, 1.807) is 18.5 Å². The van der Waals surface area contributed by atoms with E-state index in [-0.39, 0.29) is 11.7 Å². The van der Waals surface area contributed by atoms with Gasteiger partial charge < -0.3 is 20.3 Å². The molecule has 0 fully saturated rings. The number of pyridine rings is 1. The molecule has 0 saturated carbocycles. The number of imidazole rings is 1. The molecule has 1 amide bonds. The van der Waals surface area contributed by atoms with Gasteiger partial charge in [0.15, 0.2) is 6.23 Å². The Labute approximate surface area is 177 Å². The largest absolute Gasteiger partial charge is 0.418 e. The molecule has 0 aliphatic carbocycles. The second-order valence-electron chi connectivity index (χ2n) is 6.28. The molecule has 160 valence electrons. The zero-order valence-electron chi connectivity index (χ0n) is 15.6. The predicted molar refractivity (Wildman–Crippen MR) is 104 cm³/mol. The molecule has 0 radical (unpaired) electrons. The van der Waals surface area contributed by atoms with E-state index in [4.69, 9.17) is 11.6 Å². The van der Waals surface area contributed by atoms with Crippen molar-refractivity contribution in [3.8, 4) is 0 Å². The number of aliphatic hydroxyl groups excluding tert-OH is 1. The van der Waals surface area contributed by atoms with Crippen LogP contribution >= 0.6 is 22.9 Å². The molecule has 0 aliphatic heterocycles. The van der Waals surface area contributed by atoms with Crippen LogP contribution in [0.4, 0.5) is 19.0 Å². The first-order chi connectivity index (χ1) is 14.1. The molecular weight excluding hydrogens is 445 g/mol. The minimum Gasteiger partial charge on any atom is -0.369 e. The Bertz CT molecular complexity index is 1050. The number of aliphatic hydroxyl groups is 1. The highest BCUT2D eigenvalue weighted by atomic mass is 35.5. The van der Waals surface area contributed by atoms with E-state index in [0.29, 0.717) is 21.6 Å². The fraction of sp³-hybridized carbons (Fsp3) is 0.294. The van der Waals surface area contributed by atoms with Crippen molar-refractivity contribution in [3.05, 3.63) is 57.1 Å². The Hall–Kier alpha value is -2.70. The molecule has 30 heavy (non-hydrogen) atoms. The lowest BCUT2D eigenvalue weighted by Crippen LogP contribution is -2.28. The Balaban J connectivity index is 1.68. The van der Waals surface area contributed by atoms with Gasteiger partial charge in [-0.2, -0.15) is 13.2 Å². The number of hydrogen-bond acceptors (Lipinski definition) is 7. The zero-order chi connectivity index (χ0) is 22.1. The summed E-state index contributed by atoms with van der Waals surface area (Å²) in [5, 5.41) is 15.5. The zero-order valence-corrected chi connectivity index (χ0v) is 17.2. The Kier molecular flexibility index (Phi) is 6.29. The van der Waals surface area contributed by atoms with Gasteiger partial charge in [0.2, 0.25) is 0 Å². The molecule has 13 heteroatoms. The third-order valence-corrected chi connectivity index (χ3v) is 5.56. The van der Waals surface area contributed by atoms with Crippen LogP contribution in [0.2, 0.25) is 5.02 Å². The van der Waals surface area contributed by atoms with E-state index in [9.17, 15) is 23.1 Å². The monoisotopic (exact) mass is 460 g/mol. The van der Waals surface area contributed by atoms with Crippen molar-refractivity contribution >= 4 is 34.7 Å². The predicted octanol–water partition coefficient (Wildman–Crippen LogP) is 3.54. The highest BCUT2D eigenvalue weighted by Gasteiger charge is 2.34. The first-order valence-corrected chi connectivity index (χ1v) is 9.66. The number of aromatic nitrogens is 4. The van der Waals surface area contributed by atoms with Gasteiger partial charge in [0, 0.05) is 19.4 Å². The first-order valence-electron chi connectivity index (χ1n) is 8.46. The number of carbonyl (C=O) groups excluding carboxylic acids is 1. The fourth-order valence-electron chi connectivity index (χ4n) is 2.48. The molecule has 3 rings (SSSR count). The number of thiazole rings is 1. The van der Waals surface area contributed by atoms with E-state index in [2.05, 4.69) is 25.6 Å². The van der Waals surface area contributed by atoms with Gasteiger partial charge in [0.25, 0.3) is 5.91 Å². The quantitative estimate of drug-likeness (QED) is 0.486. The van der Waals surface area contributed by atoms with Crippen LogP contribution in [0, 0.1) is 0 Å². The number of nitrogens with zero attached hydrogens (tertiary/aromatic N) is 4. The molecule has 0 spiro atoms.